The van der Waals surface area contributed by atoms with Gasteiger partial charge in [0.15, 0.2) is 0 Å². The van der Waals surface area contributed by atoms with Crippen LogP contribution in [0.3, 0.4) is 0 Å². The second-order valence-electron chi connectivity index (χ2n) is 4.94. The molecule has 1 fully saturated rings. The Kier molecular flexibility index (Phi) is 4.02. The topological polar surface area (TPSA) is 28.4 Å². The van der Waals surface area contributed by atoms with Crippen LogP contribution in [0.25, 0.3) is 0 Å². The molecule has 0 spiro atoms. The van der Waals surface area contributed by atoms with E-state index in [-0.39, 0.29) is 0 Å². The van der Waals surface area contributed by atoms with Crippen molar-refractivity contribution < 1.29 is 4.42 Å². The van der Waals surface area contributed by atoms with Crippen LogP contribution < -0.4 is 5.32 Å². The Morgan fingerprint density at radius 2 is 2.31 bits per heavy atom. The molecule has 0 saturated heterocycles. The zero-order valence-corrected chi connectivity index (χ0v) is 10.3. The summed E-state index contributed by atoms with van der Waals surface area (Å²) in [5.41, 5.74) is 0. The van der Waals surface area contributed by atoms with Gasteiger partial charge in [-0.25, -0.2) is 0 Å². The highest BCUT2D eigenvalue weighted by Gasteiger charge is 2.22. The van der Waals surface area contributed by atoms with Gasteiger partial charge < -0.3 is 14.6 Å². The quantitative estimate of drug-likeness (QED) is 0.847. The zero-order valence-electron chi connectivity index (χ0n) is 10.3. The molecule has 0 aliphatic heterocycles. The first-order chi connectivity index (χ1) is 7.75. The summed E-state index contributed by atoms with van der Waals surface area (Å²) in [4.78, 5) is 2.35. The maximum atomic E-state index is 5.33. The standard InChI is InChI=1S/C13H22N2O/c1-15(2)12-6-3-5-11(9-12)14-10-13-7-4-8-16-13/h4,7-8,11-12,14H,3,5-6,9-10H2,1-2H3. The minimum atomic E-state index is 0.645. The van der Waals surface area contributed by atoms with Crippen molar-refractivity contribution in [1.82, 2.24) is 10.2 Å². The maximum Gasteiger partial charge on any atom is 0.117 e. The predicted molar refractivity (Wildman–Crippen MR) is 65.3 cm³/mol. The van der Waals surface area contributed by atoms with Crippen LogP contribution in [0.2, 0.25) is 0 Å². The van der Waals surface area contributed by atoms with Crippen LogP contribution in [0.5, 0.6) is 0 Å². The van der Waals surface area contributed by atoms with Gasteiger partial charge >= 0.3 is 0 Å². The lowest BCUT2D eigenvalue weighted by Gasteiger charge is -2.33. The molecule has 1 aliphatic rings. The molecule has 1 aliphatic carbocycles. The summed E-state index contributed by atoms with van der Waals surface area (Å²) in [5.74, 6) is 1.03. The zero-order chi connectivity index (χ0) is 11.4. The van der Waals surface area contributed by atoms with Crippen molar-refractivity contribution in [3.05, 3.63) is 24.2 Å². The van der Waals surface area contributed by atoms with Gasteiger partial charge in [-0.3, -0.25) is 0 Å². The van der Waals surface area contributed by atoms with Crippen LogP contribution in [0.1, 0.15) is 31.4 Å². The van der Waals surface area contributed by atoms with Crippen LogP contribution >= 0.6 is 0 Å². The van der Waals surface area contributed by atoms with E-state index < -0.39 is 0 Å². The second-order valence-corrected chi connectivity index (χ2v) is 4.94. The van der Waals surface area contributed by atoms with E-state index >= 15 is 0 Å². The number of hydrogen-bond donors (Lipinski definition) is 1. The van der Waals surface area contributed by atoms with Crippen molar-refractivity contribution in [2.45, 2.75) is 44.3 Å². The number of rotatable bonds is 4. The smallest absolute Gasteiger partial charge is 0.117 e. The molecule has 3 heteroatoms. The average molecular weight is 222 g/mol. The molecule has 1 saturated carbocycles. The average Bonchev–Trinajstić information content (AvgIpc) is 2.79. The summed E-state index contributed by atoms with van der Waals surface area (Å²) < 4.78 is 5.33. The lowest BCUT2D eigenvalue weighted by atomic mass is 9.90. The van der Waals surface area contributed by atoms with Crippen molar-refractivity contribution in [2.75, 3.05) is 14.1 Å². The Morgan fingerprint density at radius 3 is 3.00 bits per heavy atom. The molecule has 3 nitrogen and oxygen atoms in total. The van der Waals surface area contributed by atoms with Gasteiger partial charge in [-0.1, -0.05) is 6.42 Å². The maximum absolute atomic E-state index is 5.33. The first kappa shape index (κ1) is 11.7. The van der Waals surface area contributed by atoms with Gasteiger partial charge in [0.05, 0.1) is 12.8 Å². The van der Waals surface area contributed by atoms with Gasteiger partial charge in [0.1, 0.15) is 5.76 Å². The van der Waals surface area contributed by atoms with E-state index in [0.29, 0.717) is 6.04 Å². The molecule has 2 atom stereocenters. The van der Waals surface area contributed by atoms with E-state index in [9.17, 15) is 0 Å². The van der Waals surface area contributed by atoms with E-state index in [1.165, 1.54) is 25.7 Å². The van der Waals surface area contributed by atoms with Crippen LogP contribution in [0, 0.1) is 0 Å². The van der Waals surface area contributed by atoms with Crippen molar-refractivity contribution in [1.29, 1.82) is 0 Å². The normalized spacial score (nSPS) is 26.2. The molecule has 1 aromatic rings. The first-order valence-corrected chi connectivity index (χ1v) is 6.18. The van der Waals surface area contributed by atoms with Gasteiger partial charge in [-0.05, 0) is 45.5 Å². The van der Waals surface area contributed by atoms with Gasteiger partial charge in [-0.2, -0.15) is 0 Å². The number of furan rings is 1. The fourth-order valence-corrected chi connectivity index (χ4v) is 2.48. The monoisotopic (exact) mass is 222 g/mol. The summed E-state index contributed by atoms with van der Waals surface area (Å²) in [6.45, 7) is 0.859. The molecule has 1 aromatic heterocycles. The van der Waals surface area contributed by atoms with E-state index in [2.05, 4.69) is 24.3 Å². The lowest BCUT2D eigenvalue weighted by molar-refractivity contribution is 0.196. The Morgan fingerprint density at radius 1 is 1.44 bits per heavy atom. The largest absolute Gasteiger partial charge is 0.468 e. The van der Waals surface area contributed by atoms with E-state index in [0.717, 1.165) is 18.3 Å². The molecular weight excluding hydrogens is 200 g/mol. The van der Waals surface area contributed by atoms with E-state index in [1.807, 2.05) is 12.1 Å². The molecule has 2 unspecified atom stereocenters. The SMILES string of the molecule is CN(C)C1CCCC(NCc2ccco2)C1. The van der Waals surface area contributed by atoms with Crippen molar-refractivity contribution in [3.63, 3.8) is 0 Å². The molecule has 0 radical (unpaired) electrons. The molecule has 1 N–H and O–H groups in total. The molecule has 2 rings (SSSR count). The first-order valence-electron chi connectivity index (χ1n) is 6.18. The molecule has 16 heavy (non-hydrogen) atoms. The van der Waals surface area contributed by atoms with E-state index in [4.69, 9.17) is 4.42 Å². The van der Waals surface area contributed by atoms with Gasteiger partial charge in [-0.15, -0.1) is 0 Å². The molecule has 0 amide bonds. The van der Waals surface area contributed by atoms with Crippen LogP contribution in [-0.2, 0) is 6.54 Å². The minimum absolute atomic E-state index is 0.645. The third-order valence-electron chi connectivity index (χ3n) is 3.52. The number of nitrogens with one attached hydrogen (secondary N) is 1. The van der Waals surface area contributed by atoms with Crippen LogP contribution in [0.15, 0.2) is 22.8 Å². The Bertz CT molecular complexity index is 295. The highest BCUT2D eigenvalue weighted by Crippen LogP contribution is 2.21. The lowest BCUT2D eigenvalue weighted by Crippen LogP contribution is -2.41. The fraction of sp³-hybridized carbons (Fsp3) is 0.692. The highest BCUT2D eigenvalue weighted by atomic mass is 16.3. The Hall–Kier alpha value is -0.800. The third kappa shape index (κ3) is 3.09. The van der Waals surface area contributed by atoms with Gasteiger partial charge in [0, 0.05) is 12.1 Å². The summed E-state index contributed by atoms with van der Waals surface area (Å²) in [6, 6.07) is 5.36. The summed E-state index contributed by atoms with van der Waals surface area (Å²) in [7, 11) is 4.36. The van der Waals surface area contributed by atoms with Crippen LogP contribution in [0.4, 0.5) is 0 Å². The Balaban J connectivity index is 1.77. The molecule has 0 bridgehead atoms. The fourth-order valence-electron chi connectivity index (χ4n) is 2.48. The summed E-state index contributed by atoms with van der Waals surface area (Å²) in [6.07, 6.45) is 6.96. The third-order valence-corrected chi connectivity index (χ3v) is 3.52. The van der Waals surface area contributed by atoms with Gasteiger partial charge in [0.25, 0.3) is 0 Å². The summed E-state index contributed by atoms with van der Waals surface area (Å²) >= 11 is 0. The highest BCUT2D eigenvalue weighted by molar-refractivity contribution is 4.98. The molecule has 1 heterocycles. The predicted octanol–water partition coefficient (Wildman–Crippen LogP) is 2.24. The van der Waals surface area contributed by atoms with Crippen molar-refractivity contribution in [2.24, 2.45) is 0 Å². The summed E-state index contributed by atoms with van der Waals surface area (Å²) in [5, 5.41) is 3.59. The van der Waals surface area contributed by atoms with Crippen LogP contribution in [-0.4, -0.2) is 31.1 Å². The number of nitrogens with zero attached hydrogens (tertiary/aromatic N) is 1. The van der Waals surface area contributed by atoms with E-state index in [1.54, 1.807) is 6.26 Å². The minimum Gasteiger partial charge on any atom is -0.468 e. The van der Waals surface area contributed by atoms with Gasteiger partial charge in [0.2, 0.25) is 0 Å². The molecular formula is C13H22N2O. The Labute approximate surface area is 97.8 Å². The molecule has 90 valence electrons. The second kappa shape index (κ2) is 5.51. The molecule has 0 aromatic carbocycles. The van der Waals surface area contributed by atoms with Crippen molar-refractivity contribution in [3.8, 4) is 0 Å². The van der Waals surface area contributed by atoms with Crippen molar-refractivity contribution >= 4 is 0 Å². The number of hydrogen-bond acceptors (Lipinski definition) is 3.